The van der Waals surface area contributed by atoms with Crippen molar-refractivity contribution in [3.05, 3.63) is 27.4 Å². The summed E-state index contributed by atoms with van der Waals surface area (Å²) >= 11 is 0. The van der Waals surface area contributed by atoms with E-state index >= 15 is 0 Å². The highest BCUT2D eigenvalue weighted by molar-refractivity contribution is 5.57. The second-order valence-electron chi connectivity index (χ2n) is 2.65. The first kappa shape index (κ1) is 11.2. The van der Waals surface area contributed by atoms with Gasteiger partial charge in [-0.25, -0.2) is 13.8 Å². The molecule has 0 atom stereocenters. The van der Waals surface area contributed by atoms with Gasteiger partial charge in [0.1, 0.15) is 11.4 Å². The molecule has 82 valence electrons. The normalized spacial score (nSPS) is 10.7. The van der Waals surface area contributed by atoms with Gasteiger partial charge in [-0.1, -0.05) is 0 Å². The van der Waals surface area contributed by atoms with Gasteiger partial charge < -0.3 is 10.8 Å². The predicted octanol–water partition coefficient (Wildman–Crippen LogP) is 1.00. The van der Waals surface area contributed by atoms with E-state index in [-0.39, 0.29) is 5.56 Å². The van der Waals surface area contributed by atoms with Crippen molar-refractivity contribution >= 4 is 11.5 Å². The zero-order valence-corrected chi connectivity index (χ0v) is 7.35. The fraction of sp³-hybridized carbons (Fsp3) is 0.286. The Labute approximate surface area is 82.5 Å². The molecule has 0 spiro atoms. The van der Waals surface area contributed by atoms with Gasteiger partial charge in [-0.3, -0.25) is 10.1 Å². The van der Waals surface area contributed by atoms with E-state index in [2.05, 4.69) is 4.98 Å². The molecular formula is C7H7F2N3O3. The van der Waals surface area contributed by atoms with E-state index < -0.39 is 35.0 Å². The molecule has 1 aromatic rings. The van der Waals surface area contributed by atoms with E-state index in [9.17, 15) is 18.9 Å². The summed E-state index contributed by atoms with van der Waals surface area (Å²) in [5.74, 6) is -0.603. The molecule has 0 unspecified atom stereocenters. The zero-order valence-electron chi connectivity index (χ0n) is 7.35. The van der Waals surface area contributed by atoms with Gasteiger partial charge in [-0.2, -0.15) is 0 Å². The smallest absolute Gasteiger partial charge is 0.289 e. The van der Waals surface area contributed by atoms with E-state index in [1.807, 2.05) is 0 Å². The minimum atomic E-state index is -3.11. The summed E-state index contributed by atoms with van der Waals surface area (Å²) in [4.78, 5) is 12.9. The standard InChI is InChI=1S/C7H7F2N3O3/c8-6(9)4-5(12(14)15)3(2-13)1-11-7(4)10/h1,6,13H,2H2,(H2,10,11). The van der Waals surface area contributed by atoms with Crippen molar-refractivity contribution in [3.63, 3.8) is 0 Å². The number of nitrogens with zero attached hydrogens (tertiary/aromatic N) is 2. The van der Waals surface area contributed by atoms with Crippen LogP contribution in [0.3, 0.4) is 0 Å². The second kappa shape index (κ2) is 4.13. The van der Waals surface area contributed by atoms with E-state index in [0.717, 1.165) is 6.20 Å². The number of nitrogens with two attached hydrogens (primary N) is 1. The number of nitro groups is 1. The molecule has 8 heteroatoms. The van der Waals surface area contributed by atoms with Gasteiger partial charge in [0.15, 0.2) is 0 Å². The molecule has 0 aromatic carbocycles. The SMILES string of the molecule is Nc1ncc(CO)c([N+](=O)[O-])c1C(F)F. The minimum Gasteiger partial charge on any atom is -0.391 e. The molecule has 6 nitrogen and oxygen atoms in total. The number of hydrogen-bond acceptors (Lipinski definition) is 5. The van der Waals surface area contributed by atoms with Crippen molar-refractivity contribution in [2.75, 3.05) is 5.73 Å². The van der Waals surface area contributed by atoms with Gasteiger partial charge in [0.05, 0.1) is 17.1 Å². The number of anilines is 1. The lowest BCUT2D eigenvalue weighted by Crippen LogP contribution is -2.07. The molecule has 1 aromatic heterocycles. The number of aliphatic hydroxyl groups excluding tert-OH is 1. The third-order valence-electron chi connectivity index (χ3n) is 1.77. The first-order valence-corrected chi connectivity index (χ1v) is 3.79. The molecule has 15 heavy (non-hydrogen) atoms. The first-order valence-electron chi connectivity index (χ1n) is 3.79. The maximum atomic E-state index is 12.5. The molecule has 0 fully saturated rings. The molecule has 0 aliphatic rings. The van der Waals surface area contributed by atoms with Crippen LogP contribution < -0.4 is 5.73 Å². The number of alkyl halides is 2. The lowest BCUT2D eigenvalue weighted by molar-refractivity contribution is -0.387. The van der Waals surface area contributed by atoms with Crippen LogP contribution in [0.15, 0.2) is 6.20 Å². The Hall–Kier alpha value is -1.83. The number of halogens is 2. The summed E-state index contributed by atoms with van der Waals surface area (Å²) in [6.07, 6.45) is -2.20. The largest absolute Gasteiger partial charge is 0.391 e. The molecular weight excluding hydrogens is 212 g/mol. The van der Waals surface area contributed by atoms with E-state index in [1.165, 1.54) is 0 Å². The molecule has 0 amide bonds. The molecule has 0 bridgehead atoms. The molecule has 3 N–H and O–H groups in total. The quantitative estimate of drug-likeness (QED) is 0.583. The van der Waals surface area contributed by atoms with Crippen LogP contribution in [0.2, 0.25) is 0 Å². The maximum Gasteiger partial charge on any atom is 0.289 e. The van der Waals surface area contributed by atoms with Crippen molar-refractivity contribution in [3.8, 4) is 0 Å². The topological polar surface area (TPSA) is 102 Å². The number of aromatic nitrogens is 1. The van der Waals surface area contributed by atoms with Gasteiger partial charge >= 0.3 is 0 Å². The molecule has 0 aliphatic heterocycles. The summed E-state index contributed by atoms with van der Waals surface area (Å²) < 4.78 is 24.9. The van der Waals surface area contributed by atoms with Crippen LogP contribution in [0.25, 0.3) is 0 Å². The summed E-state index contributed by atoms with van der Waals surface area (Å²) in [6, 6.07) is 0. The van der Waals surface area contributed by atoms with Gasteiger partial charge in [-0.15, -0.1) is 0 Å². The van der Waals surface area contributed by atoms with Crippen LogP contribution in [0.5, 0.6) is 0 Å². The lowest BCUT2D eigenvalue weighted by atomic mass is 10.1. The summed E-state index contributed by atoms with van der Waals surface area (Å²) in [5.41, 5.74) is 2.99. The summed E-state index contributed by atoms with van der Waals surface area (Å²) in [7, 11) is 0. The minimum absolute atomic E-state index is 0.287. The average molecular weight is 219 g/mol. The van der Waals surface area contributed by atoms with Crippen molar-refractivity contribution in [1.82, 2.24) is 4.98 Å². The lowest BCUT2D eigenvalue weighted by Gasteiger charge is -2.07. The molecule has 0 saturated heterocycles. The summed E-state index contributed by atoms with van der Waals surface area (Å²) in [5, 5.41) is 19.3. The molecule has 0 aliphatic carbocycles. The predicted molar refractivity (Wildman–Crippen MR) is 46.2 cm³/mol. The number of aliphatic hydroxyl groups is 1. The van der Waals surface area contributed by atoms with E-state index in [4.69, 9.17) is 10.8 Å². The van der Waals surface area contributed by atoms with Gasteiger partial charge in [0.2, 0.25) is 0 Å². The Morgan fingerprint density at radius 3 is 2.67 bits per heavy atom. The highest BCUT2D eigenvalue weighted by Gasteiger charge is 2.29. The van der Waals surface area contributed by atoms with Crippen molar-refractivity contribution < 1.29 is 18.8 Å². The second-order valence-corrected chi connectivity index (χ2v) is 2.65. The molecule has 0 saturated carbocycles. The van der Waals surface area contributed by atoms with Gasteiger partial charge in [0.25, 0.3) is 12.1 Å². The zero-order chi connectivity index (χ0) is 11.6. The van der Waals surface area contributed by atoms with E-state index in [1.54, 1.807) is 0 Å². The third-order valence-corrected chi connectivity index (χ3v) is 1.77. The molecule has 0 radical (unpaired) electrons. The number of pyridine rings is 1. The Balaban J connectivity index is 3.51. The summed E-state index contributed by atoms with van der Waals surface area (Å²) in [6.45, 7) is -0.747. The Morgan fingerprint density at radius 1 is 1.67 bits per heavy atom. The van der Waals surface area contributed by atoms with Crippen molar-refractivity contribution in [2.45, 2.75) is 13.0 Å². The van der Waals surface area contributed by atoms with Crippen LogP contribution >= 0.6 is 0 Å². The Bertz CT molecular complexity index is 397. The maximum absolute atomic E-state index is 12.5. The average Bonchev–Trinajstić information content (AvgIpc) is 2.16. The Kier molecular flexibility index (Phi) is 3.10. The highest BCUT2D eigenvalue weighted by Crippen LogP contribution is 2.34. The fourth-order valence-corrected chi connectivity index (χ4v) is 1.12. The number of nitrogen functional groups attached to an aromatic ring is 1. The number of rotatable bonds is 3. The van der Waals surface area contributed by atoms with Crippen LogP contribution in [0, 0.1) is 10.1 Å². The van der Waals surface area contributed by atoms with Gasteiger partial charge in [-0.05, 0) is 0 Å². The van der Waals surface area contributed by atoms with Crippen LogP contribution in [-0.4, -0.2) is 15.0 Å². The van der Waals surface area contributed by atoms with Crippen LogP contribution in [0.4, 0.5) is 20.3 Å². The van der Waals surface area contributed by atoms with Crippen molar-refractivity contribution in [2.24, 2.45) is 0 Å². The third kappa shape index (κ3) is 1.99. The van der Waals surface area contributed by atoms with Crippen molar-refractivity contribution in [1.29, 1.82) is 0 Å². The van der Waals surface area contributed by atoms with Crippen LogP contribution in [-0.2, 0) is 6.61 Å². The molecule has 1 heterocycles. The van der Waals surface area contributed by atoms with E-state index in [0.29, 0.717) is 0 Å². The van der Waals surface area contributed by atoms with Crippen LogP contribution in [0.1, 0.15) is 17.6 Å². The molecule has 1 rings (SSSR count). The fourth-order valence-electron chi connectivity index (χ4n) is 1.12. The first-order chi connectivity index (χ1) is 6.99. The highest BCUT2D eigenvalue weighted by atomic mass is 19.3. The monoisotopic (exact) mass is 219 g/mol. The number of hydrogen-bond donors (Lipinski definition) is 2. The Morgan fingerprint density at radius 2 is 2.27 bits per heavy atom. The van der Waals surface area contributed by atoms with Gasteiger partial charge in [0, 0.05) is 6.20 Å².